The topological polar surface area (TPSA) is 69.6 Å². The molecular formula is C23H28N4O2S. The maximum Gasteiger partial charge on any atom is 0.248 e. The number of nitrogens with zero attached hydrogens (tertiary/aromatic N) is 4. The SMILES string of the molecule is CCC(C)c1ccnc2cc(-c3ccc(CN4CCN(C(=O)CO)CC4)cn3)sc12. The van der Waals surface area contributed by atoms with E-state index < -0.39 is 6.61 Å². The van der Waals surface area contributed by atoms with Gasteiger partial charge in [-0.1, -0.05) is 19.9 Å². The Hall–Kier alpha value is -2.35. The quantitative estimate of drug-likeness (QED) is 0.656. The first-order chi connectivity index (χ1) is 14.6. The van der Waals surface area contributed by atoms with Gasteiger partial charge in [-0.2, -0.15) is 0 Å². The first-order valence-electron chi connectivity index (χ1n) is 10.5. The van der Waals surface area contributed by atoms with E-state index in [2.05, 4.69) is 48.0 Å². The van der Waals surface area contributed by atoms with E-state index in [1.807, 2.05) is 12.4 Å². The van der Waals surface area contributed by atoms with Crippen LogP contribution in [0.4, 0.5) is 0 Å². The van der Waals surface area contributed by atoms with Gasteiger partial charge in [-0.3, -0.25) is 19.7 Å². The summed E-state index contributed by atoms with van der Waals surface area (Å²) in [5.41, 5.74) is 4.57. The van der Waals surface area contributed by atoms with Crippen LogP contribution < -0.4 is 0 Å². The molecule has 4 heterocycles. The Balaban J connectivity index is 1.45. The molecule has 3 aromatic rings. The summed E-state index contributed by atoms with van der Waals surface area (Å²) in [5, 5.41) is 8.99. The zero-order valence-corrected chi connectivity index (χ0v) is 18.4. The second kappa shape index (κ2) is 9.20. The lowest BCUT2D eigenvalue weighted by atomic mass is 9.99. The molecule has 1 unspecified atom stereocenters. The minimum atomic E-state index is -0.405. The van der Waals surface area contributed by atoms with Gasteiger partial charge < -0.3 is 10.0 Å². The molecule has 1 amide bonds. The second-order valence-corrected chi connectivity index (χ2v) is 8.95. The third-order valence-corrected chi connectivity index (χ3v) is 7.13. The van der Waals surface area contributed by atoms with Crippen molar-refractivity contribution in [2.75, 3.05) is 32.8 Å². The average molecular weight is 425 g/mol. The third-order valence-electron chi connectivity index (χ3n) is 5.93. The van der Waals surface area contributed by atoms with E-state index in [9.17, 15) is 4.79 Å². The number of aromatic nitrogens is 2. The molecule has 1 fully saturated rings. The minimum absolute atomic E-state index is 0.185. The fourth-order valence-electron chi connectivity index (χ4n) is 3.87. The largest absolute Gasteiger partial charge is 0.387 e. The lowest BCUT2D eigenvalue weighted by Gasteiger charge is -2.34. The van der Waals surface area contributed by atoms with Crippen molar-refractivity contribution in [1.82, 2.24) is 19.8 Å². The van der Waals surface area contributed by atoms with Crippen LogP contribution >= 0.6 is 11.3 Å². The zero-order chi connectivity index (χ0) is 21.1. The number of carbonyl (C=O) groups is 1. The molecule has 1 aliphatic heterocycles. The fourth-order valence-corrected chi connectivity index (χ4v) is 5.09. The molecule has 30 heavy (non-hydrogen) atoms. The number of pyridine rings is 2. The summed E-state index contributed by atoms with van der Waals surface area (Å²) in [4.78, 5) is 26.1. The summed E-state index contributed by atoms with van der Waals surface area (Å²) >= 11 is 1.77. The second-order valence-electron chi connectivity index (χ2n) is 7.90. The molecule has 0 radical (unpaired) electrons. The predicted molar refractivity (Wildman–Crippen MR) is 120 cm³/mol. The Morgan fingerprint density at radius 1 is 1.20 bits per heavy atom. The van der Waals surface area contributed by atoms with Gasteiger partial charge in [0.1, 0.15) is 6.61 Å². The predicted octanol–water partition coefficient (Wildman–Crippen LogP) is 3.51. The highest BCUT2D eigenvalue weighted by molar-refractivity contribution is 7.22. The number of amides is 1. The molecular weight excluding hydrogens is 396 g/mol. The maximum absolute atomic E-state index is 11.6. The highest BCUT2D eigenvalue weighted by Gasteiger charge is 2.20. The fraction of sp³-hybridized carbons (Fsp3) is 0.435. The smallest absolute Gasteiger partial charge is 0.248 e. The number of thiophene rings is 1. The molecule has 1 aliphatic rings. The van der Waals surface area contributed by atoms with Gasteiger partial charge in [0.2, 0.25) is 5.91 Å². The maximum atomic E-state index is 11.6. The van der Waals surface area contributed by atoms with Crippen molar-refractivity contribution in [3.63, 3.8) is 0 Å². The molecule has 0 aromatic carbocycles. The summed E-state index contributed by atoms with van der Waals surface area (Å²) in [6.45, 7) is 7.85. The summed E-state index contributed by atoms with van der Waals surface area (Å²) in [7, 11) is 0. The van der Waals surface area contributed by atoms with E-state index in [0.717, 1.165) is 42.1 Å². The number of piperazine rings is 1. The van der Waals surface area contributed by atoms with Crippen molar-refractivity contribution in [3.8, 4) is 10.6 Å². The van der Waals surface area contributed by atoms with E-state index in [1.165, 1.54) is 15.8 Å². The molecule has 1 N–H and O–H groups in total. The van der Waals surface area contributed by atoms with Crippen LogP contribution in [0.15, 0.2) is 36.7 Å². The van der Waals surface area contributed by atoms with Crippen LogP contribution in [0.2, 0.25) is 0 Å². The molecule has 4 rings (SSSR count). The molecule has 1 saturated heterocycles. The van der Waals surface area contributed by atoms with Gasteiger partial charge in [-0.15, -0.1) is 11.3 Å². The van der Waals surface area contributed by atoms with Gasteiger partial charge in [-0.25, -0.2) is 0 Å². The van der Waals surface area contributed by atoms with Crippen LogP contribution in [-0.4, -0.2) is 63.6 Å². The molecule has 158 valence electrons. The molecule has 7 heteroatoms. The van der Waals surface area contributed by atoms with Gasteiger partial charge >= 0.3 is 0 Å². The van der Waals surface area contributed by atoms with Crippen LogP contribution in [0.3, 0.4) is 0 Å². The third kappa shape index (κ3) is 4.38. The minimum Gasteiger partial charge on any atom is -0.387 e. The number of carbonyl (C=O) groups excluding carboxylic acids is 1. The standard InChI is InChI=1S/C23H28N4O2S/c1-3-16(2)18-6-7-24-20-12-21(30-23(18)20)19-5-4-17(13-25-19)14-26-8-10-27(11-9-26)22(29)15-28/h4-7,12-13,16,28H,3,8-11,14-15H2,1-2H3. The highest BCUT2D eigenvalue weighted by atomic mass is 32.1. The molecule has 6 nitrogen and oxygen atoms in total. The Labute approximate surface area is 181 Å². The van der Waals surface area contributed by atoms with E-state index in [-0.39, 0.29) is 5.91 Å². The highest BCUT2D eigenvalue weighted by Crippen LogP contribution is 2.36. The molecule has 0 bridgehead atoms. The van der Waals surface area contributed by atoms with Gasteiger partial charge in [0.15, 0.2) is 0 Å². The zero-order valence-electron chi connectivity index (χ0n) is 17.5. The molecule has 0 aliphatic carbocycles. The number of hydrogen-bond donors (Lipinski definition) is 1. The first-order valence-corrected chi connectivity index (χ1v) is 11.4. The van der Waals surface area contributed by atoms with Gasteiger partial charge in [-0.05, 0) is 41.7 Å². The van der Waals surface area contributed by atoms with Gasteiger partial charge in [0, 0.05) is 45.1 Å². The number of aliphatic hydroxyl groups excluding tert-OH is 1. The van der Waals surface area contributed by atoms with Crippen molar-refractivity contribution < 1.29 is 9.90 Å². The summed E-state index contributed by atoms with van der Waals surface area (Å²) < 4.78 is 1.27. The lowest BCUT2D eigenvalue weighted by molar-refractivity contribution is -0.135. The molecule has 0 spiro atoms. The van der Waals surface area contributed by atoms with Crippen LogP contribution in [0.5, 0.6) is 0 Å². The normalized spacial score (nSPS) is 16.2. The molecule has 3 aromatic heterocycles. The van der Waals surface area contributed by atoms with Crippen molar-refractivity contribution in [3.05, 3.63) is 47.8 Å². The number of aliphatic hydroxyl groups is 1. The summed E-state index contributed by atoms with van der Waals surface area (Å²) in [6.07, 6.45) is 4.97. The lowest BCUT2D eigenvalue weighted by Crippen LogP contribution is -2.49. The van der Waals surface area contributed by atoms with Crippen LogP contribution in [-0.2, 0) is 11.3 Å². The average Bonchev–Trinajstić information content (AvgIpc) is 3.23. The van der Waals surface area contributed by atoms with E-state index >= 15 is 0 Å². The Kier molecular flexibility index (Phi) is 6.41. The summed E-state index contributed by atoms with van der Waals surface area (Å²) in [6, 6.07) is 8.52. The molecule has 1 atom stereocenters. The first kappa shape index (κ1) is 20.9. The Bertz CT molecular complexity index is 1010. The number of rotatable bonds is 6. The van der Waals surface area contributed by atoms with Crippen LogP contribution in [0.25, 0.3) is 20.8 Å². The van der Waals surface area contributed by atoms with E-state index in [0.29, 0.717) is 19.0 Å². The Morgan fingerprint density at radius 2 is 2.00 bits per heavy atom. The summed E-state index contributed by atoms with van der Waals surface area (Å²) in [5.74, 6) is 0.334. The Morgan fingerprint density at radius 3 is 2.67 bits per heavy atom. The van der Waals surface area contributed by atoms with Crippen LogP contribution in [0, 0.1) is 0 Å². The van der Waals surface area contributed by atoms with Crippen molar-refractivity contribution >= 4 is 27.5 Å². The van der Waals surface area contributed by atoms with Crippen LogP contribution in [0.1, 0.15) is 37.3 Å². The van der Waals surface area contributed by atoms with Gasteiger partial charge in [0.05, 0.1) is 20.8 Å². The number of hydrogen-bond acceptors (Lipinski definition) is 6. The van der Waals surface area contributed by atoms with Crippen molar-refractivity contribution in [2.24, 2.45) is 0 Å². The molecule has 0 saturated carbocycles. The number of fused-ring (bicyclic) bond motifs is 1. The van der Waals surface area contributed by atoms with E-state index in [4.69, 9.17) is 10.1 Å². The van der Waals surface area contributed by atoms with Gasteiger partial charge in [0.25, 0.3) is 0 Å². The monoisotopic (exact) mass is 424 g/mol. The van der Waals surface area contributed by atoms with E-state index in [1.54, 1.807) is 16.2 Å². The van der Waals surface area contributed by atoms with Crippen molar-refractivity contribution in [1.29, 1.82) is 0 Å². The van der Waals surface area contributed by atoms with Crippen molar-refractivity contribution in [2.45, 2.75) is 32.7 Å².